The molecule has 188 valence electrons. The van der Waals surface area contributed by atoms with Crippen molar-refractivity contribution in [3.63, 3.8) is 0 Å². The quantitative estimate of drug-likeness (QED) is 0.296. The molecule has 0 fully saturated rings. The highest BCUT2D eigenvalue weighted by molar-refractivity contribution is 6.17. The summed E-state index contributed by atoms with van der Waals surface area (Å²) in [6.45, 7) is 9.12. The van der Waals surface area contributed by atoms with E-state index < -0.39 is 0 Å². The van der Waals surface area contributed by atoms with Crippen LogP contribution in [0.25, 0.3) is 0 Å². The molecule has 3 heterocycles. The van der Waals surface area contributed by atoms with E-state index in [0.717, 1.165) is 57.8 Å². The first-order valence-electron chi connectivity index (χ1n) is 13.6. The highest BCUT2D eigenvalue weighted by Gasteiger charge is 2.26. The Morgan fingerprint density at radius 3 is 1.39 bits per heavy atom. The van der Waals surface area contributed by atoms with Gasteiger partial charge in [-0.05, 0) is 122 Å². The van der Waals surface area contributed by atoms with Gasteiger partial charge in [-0.3, -0.25) is 20.0 Å². The molecule has 0 atom stereocenters. The highest BCUT2D eigenvalue weighted by atomic mass is 15.1. The molecule has 3 aromatic rings. The maximum absolute atomic E-state index is 4.66. The van der Waals surface area contributed by atoms with E-state index in [2.05, 4.69) is 71.9 Å². The Labute approximate surface area is 217 Å². The van der Waals surface area contributed by atoms with Crippen LogP contribution in [0.4, 0.5) is 0 Å². The van der Waals surface area contributed by atoms with Gasteiger partial charge in [0, 0.05) is 36.2 Å². The van der Waals surface area contributed by atoms with Crippen LogP contribution < -0.4 is 0 Å². The van der Waals surface area contributed by atoms with Gasteiger partial charge in [0.25, 0.3) is 0 Å². The molecular formula is C32H40N4. The Morgan fingerprint density at radius 1 is 0.556 bits per heavy atom. The number of hydrogen-bond acceptors (Lipinski definition) is 4. The van der Waals surface area contributed by atoms with Crippen LogP contribution in [0.1, 0.15) is 78.9 Å². The fourth-order valence-electron chi connectivity index (χ4n) is 5.79. The van der Waals surface area contributed by atoms with Crippen molar-refractivity contribution >= 4 is 12.4 Å². The molecule has 0 radical (unpaired) electrons. The van der Waals surface area contributed by atoms with Gasteiger partial charge in [0.05, 0.1) is 0 Å². The zero-order valence-electron chi connectivity index (χ0n) is 22.4. The standard InChI is InChI=1S/C32H40N4/c1-5-26-29(16-14-24-12-8-10-20-33-24)27(6-2)31(18-19-32(4)35-22-23-36-32)28(7-3)30(26)17-15-25-13-9-11-21-34-25/h8-13,20-23H,5-7,14-19H2,1-4H3. The van der Waals surface area contributed by atoms with Crippen molar-refractivity contribution in [1.82, 2.24) is 9.97 Å². The Bertz CT molecular complexity index is 1110. The van der Waals surface area contributed by atoms with Crippen LogP contribution in [0.5, 0.6) is 0 Å². The van der Waals surface area contributed by atoms with E-state index in [-0.39, 0.29) is 5.66 Å². The summed E-state index contributed by atoms with van der Waals surface area (Å²) in [5, 5.41) is 0. The average Bonchev–Trinajstić information content (AvgIpc) is 3.36. The predicted octanol–water partition coefficient (Wildman–Crippen LogP) is 6.54. The molecule has 0 spiro atoms. The summed E-state index contributed by atoms with van der Waals surface area (Å²) >= 11 is 0. The van der Waals surface area contributed by atoms with E-state index in [1.807, 2.05) is 37.0 Å². The molecule has 4 rings (SSSR count). The molecule has 1 aromatic carbocycles. The maximum atomic E-state index is 4.66. The Kier molecular flexibility index (Phi) is 8.79. The summed E-state index contributed by atoms with van der Waals surface area (Å²) in [5.41, 5.74) is 11.3. The largest absolute Gasteiger partial charge is 0.262 e. The second-order valence-electron chi connectivity index (χ2n) is 9.85. The molecule has 1 aliphatic heterocycles. The number of aromatic nitrogens is 2. The minimum atomic E-state index is -0.332. The third kappa shape index (κ3) is 5.98. The smallest absolute Gasteiger partial charge is 0.147 e. The molecule has 0 unspecified atom stereocenters. The van der Waals surface area contributed by atoms with Crippen LogP contribution in [0.2, 0.25) is 0 Å². The number of pyridine rings is 2. The first-order valence-corrected chi connectivity index (χ1v) is 13.6. The van der Waals surface area contributed by atoms with E-state index in [0.29, 0.717) is 0 Å². The van der Waals surface area contributed by atoms with Crippen LogP contribution in [0.3, 0.4) is 0 Å². The molecule has 1 aliphatic rings. The van der Waals surface area contributed by atoms with Crippen LogP contribution in [-0.4, -0.2) is 28.1 Å². The normalized spacial score (nSPS) is 14.0. The van der Waals surface area contributed by atoms with Gasteiger partial charge in [-0.15, -0.1) is 0 Å². The van der Waals surface area contributed by atoms with Crippen LogP contribution in [-0.2, 0) is 51.4 Å². The summed E-state index contributed by atoms with van der Waals surface area (Å²) in [4.78, 5) is 18.6. The van der Waals surface area contributed by atoms with Crippen LogP contribution >= 0.6 is 0 Å². The Morgan fingerprint density at radius 2 is 1.00 bits per heavy atom. The SMILES string of the molecule is CCc1c(CCc2ccccn2)c(CC)c(CCC2(C)N=CC=N2)c(CC)c1CCc1ccccn1. The molecule has 2 aromatic heterocycles. The fraction of sp³-hybridized carbons (Fsp3) is 0.438. The molecular weight excluding hydrogens is 440 g/mol. The maximum Gasteiger partial charge on any atom is 0.147 e. The van der Waals surface area contributed by atoms with Crippen molar-refractivity contribution in [2.45, 2.75) is 91.1 Å². The first-order chi connectivity index (χ1) is 17.6. The third-order valence-electron chi connectivity index (χ3n) is 7.58. The van der Waals surface area contributed by atoms with Crippen molar-refractivity contribution in [1.29, 1.82) is 0 Å². The topological polar surface area (TPSA) is 50.5 Å². The number of rotatable bonds is 12. The Balaban J connectivity index is 1.77. The van der Waals surface area contributed by atoms with Gasteiger partial charge < -0.3 is 0 Å². The average molecular weight is 481 g/mol. The lowest BCUT2D eigenvalue weighted by Crippen LogP contribution is -2.20. The summed E-state index contributed by atoms with van der Waals surface area (Å²) in [5.74, 6) is 0. The van der Waals surface area contributed by atoms with E-state index in [9.17, 15) is 0 Å². The first kappa shape index (κ1) is 25.9. The minimum absolute atomic E-state index is 0.332. The molecule has 0 amide bonds. The lowest BCUT2D eigenvalue weighted by atomic mass is 9.78. The summed E-state index contributed by atoms with van der Waals surface area (Å²) in [6, 6.07) is 12.5. The van der Waals surface area contributed by atoms with Gasteiger partial charge in [-0.25, -0.2) is 0 Å². The van der Waals surface area contributed by atoms with Gasteiger partial charge in [0.15, 0.2) is 0 Å². The minimum Gasteiger partial charge on any atom is -0.262 e. The summed E-state index contributed by atoms with van der Waals surface area (Å²) < 4.78 is 0. The number of hydrogen-bond donors (Lipinski definition) is 0. The molecule has 0 aliphatic carbocycles. The van der Waals surface area contributed by atoms with Gasteiger partial charge >= 0.3 is 0 Å². The molecule has 0 N–H and O–H groups in total. The van der Waals surface area contributed by atoms with Gasteiger partial charge in [0.2, 0.25) is 0 Å². The van der Waals surface area contributed by atoms with Gasteiger partial charge in [-0.2, -0.15) is 0 Å². The molecule has 0 saturated carbocycles. The second-order valence-corrected chi connectivity index (χ2v) is 9.85. The van der Waals surface area contributed by atoms with Crippen LogP contribution in [0, 0.1) is 0 Å². The van der Waals surface area contributed by atoms with Gasteiger partial charge in [0.1, 0.15) is 5.66 Å². The molecule has 0 bridgehead atoms. The van der Waals surface area contributed by atoms with Crippen LogP contribution in [0.15, 0.2) is 58.8 Å². The number of aliphatic imine (C=N–C) groups is 2. The lowest BCUT2D eigenvalue weighted by molar-refractivity contribution is 0.467. The molecule has 0 saturated heterocycles. The van der Waals surface area contributed by atoms with E-state index in [1.165, 1.54) is 11.4 Å². The highest BCUT2D eigenvalue weighted by Crippen LogP contribution is 2.34. The fourth-order valence-corrected chi connectivity index (χ4v) is 5.79. The van der Waals surface area contributed by atoms with E-state index >= 15 is 0 Å². The Hall–Kier alpha value is -3.14. The van der Waals surface area contributed by atoms with Crippen molar-refractivity contribution < 1.29 is 0 Å². The van der Waals surface area contributed by atoms with Crippen molar-refractivity contribution in [3.8, 4) is 0 Å². The summed E-state index contributed by atoms with van der Waals surface area (Å²) in [7, 11) is 0. The summed E-state index contributed by atoms with van der Waals surface area (Å²) in [6.07, 6.45) is 16.6. The monoisotopic (exact) mass is 480 g/mol. The van der Waals surface area contributed by atoms with E-state index in [4.69, 9.17) is 0 Å². The zero-order chi connectivity index (χ0) is 25.4. The molecule has 4 nitrogen and oxygen atoms in total. The van der Waals surface area contributed by atoms with Crippen molar-refractivity contribution in [2.24, 2.45) is 9.98 Å². The third-order valence-corrected chi connectivity index (χ3v) is 7.58. The zero-order valence-corrected chi connectivity index (χ0v) is 22.4. The van der Waals surface area contributed by atoms with Crippen molar-refractivity contribution in [2.75, 3.05) is 0 Å². The molecule has 36 heavy (non-hydrogen) atoms. The number of benzene rings is 1. The van der Waals surface area contributed by atoms with Gasteiger partial charge in [-0.1, -0.05) is 32.9 Å². The molecule has 4 heteroatoms. The number of aryl methyl sites for hydroxylation is 2. The van der Waals surface area contributed by atoms with Crippen molar-refractivity contribution in [3.05, 3.63) is 93.6 Å². The lowest BCUT2D eigenvalue weighted by Gasteiger charge is -2.28. The number of nitrogens with zero attached hydrogens (tertiary/aromatic N) is 4. The van der Waals surface area contributed by atoms with E-state index in [1.54, 1.807) is 33.4 Å². The second kappa shape index (κ2) is 12.2. The predicted molar refractivity (Wildman–Crippen MR) is 152 cm³/mol.